The maximum Gasteiger partial charge on any atom is 0.252 e. The standard InChI is InChI=1S/C16H15N5O2/c1-2-21-13(22)8-7-10-9-18-16(20-15(10)21)19-12-6-4-3-5-11(12)14(17)23/h3-9H,2H2,1H3,(H2,17,23)(H,18,19,20). The van der Waals surface area contributed by atoms with Crippen LogP contribution in [0.5, 0.6) is 0 Å². The number of nitrogens with two attached hydrogens (primary N) is 1. The van der Waals surface area contributed by atoms with E-state index in [1.54, 1.807) is 41.1 Å². The van der Waals surface area contributed by atoms with Gasteiger partial charge in [0.2, 0.25) is 5.95 Å². The molecule has 0 saturated carbocycles. The van der Waals surface area contributed by atoms with Crippen molar-refractivity contribution in [3.8, 4) is 0 Å². The Morgan fingerprint density at radius 1 is 1.26 bits per heavy atom. The summed E-state index contributed by atoms with van der Waals surface area (Å²) in [5.74, 6) is -0.252. The Balaban J connectivity index is 2.08. The zero-order valence-corrected chi connectivity index (χ0v) is 12.5. The molecule has 3 rings (SSSR count). The van der Waals surface area contributed by atoms with Gasteiger partial charge in [0.05, 0.1) is 11.3 Å². The van der Waals surface area contributed by atoms with Crippen molar-refractivity contribution in [2.75, 3.05) is 5.32 Å². The summed E-state index contributed by atoms with van der Waals surface area (Å²) in [6, 6.07) is 10.0. The van der Waals surface area contributed by atoms with Gasteiger partial charge in [0.1, 0.15) is 5.65 Å². The van der Waals surface area contributed by atoms with Crippen molar-refractivity contribution in [3.63, 3.8) is 0 Å². The van der Waals surface area contributed by atoms with Crippen LogP contribution >= 0.6 is 0 Å². The fourth-order valence-corrected chi connectivity index (χ4v) is 2.36. The molecular formula is C16H15N5O2. The molecule has 0 radical (unpaired) electrons. The Hall–Kier alpha value is -3.22. The lowest BCUT2D eigenvalue weighted by Gasteiger charge is -2.10. The Morgan fingerprint density at radius 3 is 2.78 bits per heavy atom. The quantitative estimate of drug-likeness (QED) is 0.763. The smallest absolute Gasteiger partial charge is 0.252 e. The number of para-hydroxylation sites is 1. The van der Waals surface area contributed by atoms with Gasteiger partial charge in [-0.2, -0.15) is 4.98 Å². The number of hydrogen-bond acceptors (Lipinski definition) is 5. The van der Waals surface area contributed by atoms with E-state index in [0.717, 1.165) is 5.39 Å². The Labute approximate surface area is 131 Å². The van der Waals surface area contributed by atoms with E-state index in [0.29, 0.717) is 29.4 Å². The highest BCUT2D eigenvalue weighted by Crippen LogP contribution is 2.19. The monoisotopic (exact) mass is 309 g/mol. The Kier molecular flexibility index (Phi) is 3.76. The first-order chi connectivity index (χ1) is 11.1. The first kappa shape index (κ1) is 14.7. The highest BCUT2D eigenvalue weighted by Gasteiger charge is 2.10. The summed E-state index contributed by atoms with van der Waals surface area (Å²) in [4.78, 5) is 32.0. The van der Waals surface area contributed by atoms with E-state index in [9.17, 15) is 9.59 Å². The number of benzene rings is 1. The van der Waals surface area contributed by atoms with Crippen LogP contribution in [-0.4, -0.2) is 20.4 Å². The molecule has 2 heterocycles. The first-order valence-electron chi connectivity index (χ1n) is 7.12. The zero-order valence-electron chi connectivity index (χ0n) is 12.5. The van der Waals surface area contributed by atoms with Crippen LogP contribution in [0.1, 0.15) is 17.3 Å². The third-order valence-corrected chi connectivity index (χ3v) is 3.48. The molecule has 0 fully saturated rings. The predicted molar refractivity (Wildman–Crippen MR) is 87.7 cm³/mol. The summed E-state index contributed by atoms with van der Waals surface area (Å²) in [6.45, 7) is 2.38. The Morgan fingerprint density at radius 2 is 2.04 bits per heavy atom. The summed E-state index contributed by atoms with van der Waals surface area (Å²) < 4.78 is 1.56. The van der Waals surface area contributed by atoms with Gasteiger partial charge >= 0.3 is 0 Å². The van der Waals surface area contributed by atoms with Gasteiger partial charge in [-0.25, -0.2) is 4.98 Å². The summed E-state index contributed by atoms with van der Waals surface area (Å²) in [6.07, 6.45) is 1.63. The van der Waals surface area contributed by atoms with Crippen LogP contribution < -0.4 is 16.6 Å². The van der Waals surface area contributed by atoms with E-state index in [-0.39, 0.29) is 5.56 Å². The summed E-state index contributed by atoms with van der Waals surface area (Å²) in [5.41, 5.74) is 6.63. The van der Waals surface area contributed by atoms with Crippen molar-refractivity contribution in [3.05, 3.63) is 58.5 Å². The number of nitrogens with one attached hydrogen (secondary N) is 1. The van der Waals surface area contributed by atoms with Crippen LogP contribution in [0.4, 0.5) is 11.6 Å². The number of primary amides is 1. The number of aromatic nitrogens is 3. The van der Waals surface area contributed by atoms with Gasteiger partial charge < -0.3 is 11.1 Å². The largest absolute Gasteiger partial charge is 0.366 e. The maximum absolute atomic E-state index is 11.9. The highest BCUT2D eigenvalue weighted by atomic mass is 16.1. The normalized spacial score (nSPS) is 10.7. The lowest BCUT2D eigenvalue weighted by Crippen LogP contribution is -2.19. The number of aryl methyl sites for hydroxylation is 1. The van der Waals surface area contributed by atoms with Gasteiger partial charge in [-0.1, -0.05) is 12.1 Å². The number of nitrogens with zero attached hydrogens (tertiary/aromatic N) is 3. The minimum atomic E-state index is -0.542. The number of hydrogen-bond donors (Lipinski definition) is 2. The lowest BCUT2D eigenvalue weighted by atomic mass is 10.1. The molecule has 0 saturated heterocycles. The van der Waals surface area contributed by atoms with Gasteiger partial charge in [0.25, 0.3) is 11.5 Å². The van der Waals surface area contributed by atoms with Crippen LogP contribution in [-0.2, 0) is 6.54 Å². The molecule has 0 aliphatic heterocycles. The van der Waals surface area contributed by atoms with E-state index in [1.165, 1.54) is 6.07 Å². The predicted octanol–water partition coefficient (Wildman–Crippen LogP) is 1.65. The van der Waals surface area contributed by atoms with Gasteiger partial charge in [0.15, 0.2) is 0 Å². The second kappa shape index (κ2) is 5.88. The van der Waals surface area contributed by atoms with Gasteiger partial charge in [-0.15, -0.1) is 0 Å². The summed E-state index contributed by atoms with van der Waals surface area (Å²) in [7, 11) is 0. The van der Waals surface area contributed by atoms with Crippen molar-refractivity contribution >= 4 is 28.6 Å². The molecule has 0 aliphatic rings. The molecule has 0 bridgehead atoms. The van der Waals surface area contributed by atoms with Crippen molar-refractivity contribution in [2.45, 2.75) is 13.5 Å². The average molecular weight is 309 g/mol. The molecule has 2 aromatic heterocycles. The molecule has 7 heteroatoms. The van der Waals surface area contributed by atoms with E-state index < -0.39 is 5.91 Å². The van der Waals surface area contributed by atoms with Gasteiger partial charge in [-0.3, -0.25) is 14.2 Å². The summed E-state index contributed by atoms with van der Waals surface area (Å²) >= 11 is 0. The first-order valence-corrected chi connectivity index (χ1v) is 7.12. The van der Waals surface area contributed by atoms with Crippen LogP contribution in [0.25, 0.3) is 11.0 Å². The fourth-order valence-electron chi connectivity index (χ4n) is 2.36. The SMILES string of the molecule is CCn1c(=O)ccc2cnc(Nc3ccccc3C(N)=O)nc21. The molecule has 7 nitrogen and oxygen atoms in total. The molecule has 1 aromatic carbocycles. The highest BCUT2D eigenvalue weighted by molar-refractivity contribution is 5.99. The van der Waals surface area contributed by atoms with Crippen molar-refractivity contribution in [1.82, 2.24) is 14.5 Å². The molecule has 3 N–H and O–H groups in total. The average Bonchev–Trinajstić information content (AvgIpc) is 2.55. The van der Waals surface area contributed by atoms with Crippen molar-refractivity contribution < 1.29 is 4.79 Å². The topological polar surface area (TPSA) is 103 Å². The third kappa shape index (κ3) is 2.76. The number of anilines is 2. The number of fused-ring (bicyclic) bond motifs is 1. The lowest BCUT2D eigenvalue weighted by molar-refractivity contribution is 0.100. The minimum Gasteiger partial charge on any atom is -0.366 e. The molecule has 116 valence electrons. The van der Waals surface area contributed by atoms with E-state index in [4.69, 9.17) is 5.73 Å². The van der Waals surface area contributed by atoms with Crippen molar-refractivity contribution in [1.29, 1.82) is 0 Å². The molecule has 0 atom stereocenters. The van der Waals surface area contributed by atoms with Crippen LogP contribution in [0.2, 0.25) is 0 Å². The number of carbonyl (C=O) groups excluding carboxylic acids is 1. The molecule has 0 spiro atoms. The molecule has 1 amide bonds. The number of rotatable bonds is 4. The number of pyridine rings is 1. The maximum atomic E-state index is 11.9. The molecule has 0 unspecified atom stereocenters. The van der Waals surface area contributed by atoms with Gasteiger partial charge in [0, 0.05) is 24.2 Å². The second-order valence-electron chi connectivity index (χ2n) is 4.92. The van der Waals surface area contributed by atoms with Crippen molar-refractivity contribution in [2.24, 2.45) is 5.73 Å². The molecule has 23 heavy (non-hydrogen) atoms. The Bertz CT molecular complexity index is 949. The van der Waals surface area contributed by atoms with Gasteiger partial charge in [-0.05, 0) is 25.1 Å². The van der Waals surface area contributed by atoms with Crippen LogP contribution in [0.3, 0.4) is 0 Å². The summed E-state index contributed by atoms with van der Waals surface area (Å²) in [5, 5.41) is 3.74. The van der Waals surface area contributed by atoms with Crippen LogP contribution in [0.15, 0.2) is 47.4 Å². The number of amides is 1. The van der Waals surface area contributed by atoms with E-state index in [1.807, 2.05) is 6.92 Å². The molecular weight excluding hydrogens is 294 g/mol. The second-order valence-corrected chi connectivity index (χ2v) is 4.92. The zero-order chi connectivity index (χ0) is 16.4. The molecule has 0 aliphatic carbocycles. The third-order valence-electron chi connectivity index (χ3n) is 3.48. The fraction of sp³-hybridized carbons (Fsp3) is 0.125. The minimum absolute atomic E-state index is 0.123. The number of carbonyl (C=O) groups is 1. The van der Waals surface area contributed by atoms with E-state index in [2.05, 4.69) is 15.3 Å². The van der Waals surface area contributed by atoms with E-state index >= 15 is 0 Å². The van der Waals surface area contributed by atoms with Crippen LogP contribution in [0, 0.1) is 0 Å². The molecule has 3 aromatic rings.